The van der Waals surface area contributed by atoms with Crippen LogP contribution in [0.25, 0.3) is 0 Å². The molecule has 2 aromatic carbocycles. The van der Waals surface area contributed by atoms with Crippen molar-refractivity contribution in [2.45, 2.75) is 33.9 Å². The molecule has 0 atom stereocenters. The maximum Gasteiger partial charge on any atom is 0.125 e. The van der Waals surface area contributed by atoms with Gasteiger partial charge in [-0.1, -0.05) is 42.0 Å². The van der Waals surface area contributed by atoms with Crippen molar-refractivity contribution in [2.24, 2.45) is 0 Å². The first-order valence-electron chi connectivity index (χ1n) is 7.03. The highest BCUT2D eigenvalue weighted by atomic mass is 16.5. The van der Waals surface area contributed by atoms with Crippen molar-refractivity contribution >= 4 is 0 Å². The van der Waals surface area contributed by atoms with Gasteiger partial charge in [-0.15, -0.1) is 0 Å². The van der Waals surface area contributed by atoms with Gasteiger partial charge in [0.2, 0.25) is 0 Å². The molecule has 20 heavy (non-hydrogen) atoms. The first-order valence-corrected chi connectivity index (χ1v) is 7.03. The summed E-state index contributed by atoms with van der Waals surface area (Å²) >= 11 is 0. The molecule has 0 saturated carbocycles. The second kappa shape index (κ2) is 6.58. The normalized spacial score (nSPS) is 10.6. The van der Waals surface area contributed by atoms with E-state index in [1.54, 1.807) is 0 Å². The van der Waals surface area contributed by atoms with Gasteiger partial charge in [0.15, 0.2) is 0 Å². The maximum atomic E-state index is 6.02. The Balaban J connectivity index is 2.13. The van der Waals surface area contributed by atoms with Crippen LogP contribution in [0.3, 0.4) is 0 Å². The van der Waals surface area contributed by atoms with Crippen LogP contribution in [0.5, 0.6) is 5.75 Å². The van der Waals surface area contributed by atoms with Gasteiger partial charge in [-0.25, -0.2) is 0 Å². The van der Waals surface area contributed by atoms with Crippen LogP contribution >= 0.6 is 0 Å². The molecular formula is C18H23NO. The Labute approximate surface area is 121 Å². The summed E-state index contributed by atoms with van der Waals surface area (Å²) in [4.78, 5) is 0. The van der Waals surface area contributed by atoms with Crippen LogP contribution in [0.15, 0.2) is 36.4 Å². The van der Waals surface area contributed by atoms with E-state index in [9.17, 15) is 0 Å². The zero-order valence-electron chi connectivity index (χ0n) is 12.8. The fourth-order valence-electron chi connectivity index (χ4n) is 2.53. The molecule has 2 aromatic rings. The minimum absolute atomic E-state index is 0.620. The van der Waals surface area contributed by atoms with Crippen LogP contribution in [0.1, 0.15) is 27.8 Å². The van der Waals surface area contributed by atoms with E-state index in [0.29, 0.717) is 6.61 Å². The molecule has 0 aromatic heterocycles. The molecule has 0 fully saturated rings. The molecule has 0 saturated heterocycles. The second-order valence-corrected chi connectivity index (χ2v) is 5.37. The summed E-state index contributed by atoms with van der Waals surface area (Å²) in [6.07, 6.45) is 0. The van der Waals surface area contributed by atoms with Gasteiger partial charge in [0.1, 0.15) is 12.4 Å². The Kier molecular flexibility index (Phi) is 4.80. The lowest BCUT2D eigenvalue weighted by Crippen LogP contribution is -2.06. The molecule has 0 aliphatic rings. The molecule has 0 heterocycles. The summed E-state index contributed by atoms with van der Waals surface area (Å²) in [5, 5.41) is 3.18. The minimum atomic E-state index is 0.620. The van der Waals surface area contributed by atoms with Crippen LogP contribution in [0, 0.1) is 20.8 Å². The van der Waals surface area contributed by atoms with Crippen molar-refractivity contribution in [3.05, 3.63) is 64.2 Å². The Morgan fingerprint density at radius 1 is 0.950 bits per heavy atom. The summed E-state index contributed by atoms with van der Waals surface area (Å²) in [5.74, 6) is 1.01. The lowest BCUT2D eigenvalue weighted by molar-refractivity contribution is 0.302. The van der Waals surface area contributed by atoms with E-state index >= 15 is 0 Å². The molecule has 0 unspecified atom stereocenters. The molecule has 2 nitrogen and oxygen atoms in total. The molecule has 0 amide bonds. The van der Waals surface area contributed by atoms with E-state index in [1.165, 1.54) is 27.8 Å². The summed E-state index contributed by atoms with van der Waals surface area (Å²) in [6.45, 7) is 7.83. The first-order chi connectivity index (χ1) is 9.60. The van der Waals surface area contributed by atoms with E-state index in [-0.39, 0.29) is 0 Å². The zero-order valence-corrected chi connectivity index (χ0v) is 12.8. The lowest BCUT2D eigenvalue weighted by Gasteiger charge is -2.14. The van der Waals surface area contributed by atoms with Gasteiger partial charge in [0, 0.05) is 6.54 Å². The molecule has 2 heteroatoms. The highest BCUT2D eigenvalue weighted by molar-refractivity contribution is 5.43. The average molecular weight is 269 g/mol. The third-order valence-electron chi connectivity index (χ3n) is 3.37. The topological polar surface area (TPSA) is 21.3 Å². The van der Waals surface area contributed by atoms with Crippen LogP contribution in [0.4, 0.5) is 0 Å². The van der Waals surface area contributed by atoms with Crippen molar-refractivity contribution in [1.82, 2.24) is 5.32 Å². The van der Waals surface area contributed by atoms with Crippen LogP contribution in [0.2, 0.25) is 0 Å². The molecule has 0 radical (unpaired) electrons. The summed E-state index contributed by atoms with van der Waals surface area (Å²) < 4.78 is 6.02. The van der Waals surface area contributed by atoms with Gasteiger partial charge in [0.05, 0.1) is 0 Å². The SMILES string of the molecule is CNCc1cc(C)c(OCc2cccc(C)c2)c(C)c1. The predicted molar refractivity (Wildman–Crippen MR) is 84.2 cm³/mol. The van der Waals surface area contributed by atoms with Crippen molar-refractivity contribution < 1.29 is 4.74 Å². The quantitative estimate of drug-likeness (QED) is 0.888. The van der Waals surface area contributed by atoms with E-state index < -0.39 is 0 Å². The predicted octanol–water partition coefficient (Wildman–Crippen LogP) is 3.91. The molecule has 1 N–H and O–H groups in total. The van der Waals surface area contributed by atoms with E-state index in [2.05, 4.69) is 62.5 Å². The van der Waals surface area contributed by atoms with Crippen molar-refractivity contribution in [3.63, 3.8) is 0 Å². The van der Waals surface area contributed by atoms with Crippen LogP contribution in [-0.2, 0) is 13.2 Å². The van der Waals surface area contributed by atoms with Crippen molar-refractivity contribution in [3.8, 4) is 5.75 Å². The molecule has 0 aliphatic carbocycles. The summed E-state index contributed by atoms with van der Waals surface area (Å²) in [7, 11) is 1.97. The summed E-state index contributed by atoms with van der Waals surface area (Å²) in [6, 6.07) is 12.8. The van der Waals surface area contributed by atoms with Gasteiger partial charge in [0.25, 0.3) is 0 Å². The molecule has 0 bridgehead atoms. The number of rotatable bonds is 5. The highest BCUT2D eigenvalue weighted by Gasteiger charge is 2.06. The first kappa shape index (κ1) is 14.6. The van der Waals surface area contributed by atoms with Gasteiger partial charge < -0.3 is 10.1 Å². The number of hydrogen-bond acceptors (Lipinski definition) is 2. The van der Waals surface area contributed by atoms with Gasteiger partial charge >= 0.3 is 0 Å². The van der Waals surface area contributed by atoms with Crippen LogP contribution < -0.4 is 10.1 Å². The van der Waals surface area contributed by atoms with Gasteiger partial charge in [-0.2, -0.15) is 0 Å². The number of aryl methyl sites for hydroxylation is 3. The van der Waals surface area contributed by atoms with Crippen LogP contribution in [-0.4, -0.2) is 7.05 Å². The van der Waals surface area contributed by atoms with E-state index in [4.69, 9.17) is 4.74 Å². The number of nitrogens with one attached hydrogen (secondary N) is 1. The smallest absolute Gasteiger partial charge is 0.125 e. The Hall–Kier alpha value is -1.80. The standard InChI is InChI=1S/C18H23NO/c1-13-6-5-7-16(8-13)12-20-18-14(2)9-17(11-19-4)10-15(18)3/h5-10,19H,11-12H2,1-4H3. The largest absolute Gasteiger partial charge is 0.488 e. The summed E-state index contributed by atoms with van der Waals surface area (Å²) in [5.41, 5.74) is 6.17. The third kappa shape index (κ3) is 3.61. The third-order valence-corrected chi connectivity index (χ3v) is 3.37. The molecule has 0 aliphatic heterocycles. The fourth-order valence-corrected chi connectivity index (χ4v) is 2.53. The molecular weight excluding hydrogens is 246 g/mol. The second-order valence-electron chi connectivity index (χ2n) is 5.37. The van der Waals surface area contributed by atoms with Gasteiger partial charge in [-0.05, 0) is 50.1 Å². The number of ether oxygens (including phenoxy) is 1. The van der Waals surface area contributed by atoms with E-state index in [0.717, 1.165) is 12.3 Å². The van der Waals surface area contributed by atoms with Gasteiger partial charge in [-0.3, -0.25) is 0 Å². The molecule has 2 rings (SSSR count). The monoisotopic (exact) mass is 269 g/mol. The Morgan fingerprint density at radius 3 is 2.25 bits per heavy atom. The Bertz CT molecular complexity index is 567. The zero-order chi connectivity index (χ0) is 14.5. The number of hydrogen-bond donors (Lipinski definition) is 1. The maximum absolute atomic E-state index is 6.02. The lowest BCUT2D eigenvalue weighted by atomic mass is 10.1. The Morgan fingerprint density at radius 2 is 1.65 bits per heavy atom. The highest BCUT2D eigenvalue weighted by Crippen LogP contribution is 2.25. The molecule has 106 valence electrons. The fraction of sp³-hybridized carbons (Fsp3) is 0.333. The van der Waals surface area contributed by atoms with Crippen molar-refractivity contribution in [1.29, 1.82) is 0 Å². The average Bonchev–Trinajstić information content (AvgIpc) is 2.38. The molecule has 0 spiro atoms. The van der Waals surface area contributed by atoms with Crippen molar-refractivity contribution in [2.75, 3.05) is 7.05 Å². The van der Waals surface area contributed by atoms with E-state index in [1.807, 2.05) is 7.05 Å². The minimum Gasteiger partial charge on any atom is -0.488 e. The number of benzene rings is 2.